The normalized spacial score (nSPS) is 13.8. The van der Waals surface area contributed by atoms with Crippen LogP contribution < -0.4 is 4.74 Å². The van der Waals surface area contributed by atoms with Gasteiger partial charge in [0.05, 0.1) is 17.5 Å². The summed E-state index contributed by atoms with van der Waals surface area (Å²) in [5.41, 5.74) is 0.271. The molecule has 1 N–H and O–H groups in total. The van der Waals surface area contributed by atoms with Crippen molar-refractivity contribution in [1.29, 1.82) is 0 Å². The molecule has 0 heterocycles. The molecular formula is C11H15BrO2. The number of benzene rings is 1. The van der Waals surface area contributed by atoms with Gasteiger partial charge in [-0.25, -0.2) is 0 Å². The number of ether oxygens (including phenoxy) is 1. The average Bonchev–Trinajstić information content (AvgIpc) is 2.15. The lowest BCUT2D eigenvalue weighted by Gasteiger charge is -2.24. The number of hydrogen-bond acceptors (Lipinski definition) is 2. The molecule has 3 heteroatoms. The summed E-state index contributed by atoms with van der Waals surface area (Å²) in [6.45, 7) is 3.55. The first-order valence-electron chi connectivity index (χ1n) is 4.45. The van der Waals surface area contributed by atoms with Gasteiger partial charge in [0, 0.05) is 0 Å². The molecular weight excluding hydrogens is 244 g/mol. The summed E-state index contributed by atoms with van der Waals surface area (Å²) in [7, 11) is 1.64. The first kappa shape index (κ1) is 11.5. The third-order valence-corrected chi connectivity index (χ3v) is 3.68. The predicted octanol–water partition coefficient (Wildman–Crippen LogP) is 2.90. The quantitative estimate of drug-likeness (QED) is 0.846. The van der Waals surface area contributed by atoms with Gasteiger partial charge in [-0.15, -0.1) is 0 Å². The van der Waals surface area contributed by atoms with E-state index in [-0.39, 0.29) is 4.83 Å². The highest BCUT2D eigenvalue weighted by Gasteiger charge is 2.25. The van der Waals surface area contributed by atoms with E-state index in [0.717, 1.165) is 11.3 Å². The molecule has 0 bridgehead atoms. The minimum Gasteiger partial charge on any atom is -0.497 e. The molecule has 1 aromatic rings. The van der Waals surface area contributed by atoms with Crippen LogP contribution in [0.15, 0.2) is 24.3 Å². The van der Waals surface area contributed by atoms with Crippen LogP contribution in [0.5, 0.6) is 5.75 Å². The average molecular weight is 259 g/mol. The molecule has 78 valence electrons. The van der Waals surface area contributed by atoms with E-state index in [2.05, 4.69) is 15.9 Å². The molecule has 0 aliphatic heterocycles. The Bertz CT molecular complexity index is 287. The van der Waals surface area contributed by atoms with Gasteiger partial charge in [0.2, 0.25) is 0 Å². The smallest absolute Gasteiger partial charge is 0.118 e. The highest BCUT2D eigenvalue weighted by molar-refractivity contribution is 9.09. The van der Waals surface area contributed by atoms with Crippen LogP contribution in [0.2, 0.25) is 0 Å². The molecule has 0 radical (unpaired) electrons. The molecule has 1 rings (SSSR count). The van der Waals surface area contributed by atoms with Gasteiger partial charge in [-0.2, -0.15) is 0 Å². The van der Waals surface area contributed by atoms with E-state index in [1.165, 1.54) is 0 Å². The molecule has 0 aliphatic rings. The Balaban J connectivity index is 2.87. The zero-order valence-corrected chi connectivity index (χ0v) is 10.2. The van der Waals surface area contributed by atoms with Crippen LogP contribution in [-0.4, -0.2) is 17.8 Å². The summed E-state index contributed by atoms with van der Waals surface area (Å²) in [4.78, 5) is -0.0686. The summed E-state index contributed by atoms with van der Waals surface area (Å²) >= 11 is 3.46. The van der Waals surface area contributed by atoms with E-state index >= 15 is 0 Å². The Morgan fingerprint density at radius 1 is 1.29 bits per heavy atom. The van der Waals surface area contributed by atoms with Crippen molar-refractivity contribution >= 4 is 15.9 Å². The fourth-order valence-electron chi connectivity index (χ4n) is 1.18. The minimum absolute atomic E-state index is 0.0686. The van der Waals surface area contributed by atoms with E-state index in [1.807, 2.05) is 24.3 Å². The van der Waals surface area contributed by atoms with Crippen molar-refractivity contribution in [2.45, 2.75) is 24.3 Å². The van der Waals surface area contributed by atoms with Crippen LogP contribution >= 0.6 is 15.9 Å². The van der Waals surface area contributed by atoms with Crippen LogP contribution in [0.1, 0.15) is 24.2 Å². The van der Waals surface area contributed by atoms with Gasteiger partial charge in [0.25, 0.3) is 0 Å². The Kier molecular flexibility index (Phi) is 3.56. The fraction of sp³-hybridized carbons (Fsp3) is 0.455. The van der Waals surface area contributed by atoms with Gasteiger partial charge < -0.3 is 9.84 Å². The van der Waals surface area contributed by atoms with Crippen LogP contribution in [0.4, 0.5) is 0 Å². The van der Waals surface area contributed by atoms with Crippen molar-refractivity contribution in [3.8, 4) is 5.75 Å². The molecule has 14 heavy (non-hydrogen) atoms. The molecule has 0 spiro atoms. The number of halogens is 1. The van der Waals surface area contributed by atoms with Crippen LogP contribution in [0.25, 0.3) is 0 Å². The molecule has 2 nitrogen and oxygen atoms in total. The van der Waals surface area contributed by atoms with Crippen molar-refractivity contribution in [2.75, 3.05) is 7.11 Å². The first-order chi connectivity index (χ1) is 6.45. The summed E-state index contributed by atoms with van der Waals surface area (Å²) in [5, 5.41) is 9.79. The SMILES string of the molecule is COc1ccc(C(Br)C(C)(C)O)cc1. The van der Waals surface area contributed by atoms with Crippen LogP contribution in [0.3, 0.4) is 0 Å². The predicted molar refractivity (Wildman–Crippen MR) is 61.0 cm³/mol. The maximum absolute atomic E-state index is 9.79. The Morgan fingerprint density at radius 2 is 1.79 bits per heavy atom. The summed E-state index contributed by atoms with van der Waals surface area (Å²) in [6, 6.07) is 7.65. The third kappa shape index (κ3) is 2.72. The van der Waals surface area contributed by atoms with Gasteiger partial charge >= 0.3 is 0 Å². The zero-order chi connectivity index (χ0) is 10.8. The summed E-state index contributed by atoms with van der Waals surface area (Å²) < 4.78 is 5.06. The van der Waals surface area contributed by atoms with Crippen molar-refractivity contribution in [2.24, 2.45) is 0 Å². The number of methoxy groups -OCH3 is 1. The minimum atomic E-state index is -0.769. The third-order valence-electron chi connectivity index (χ3n) is 2.03. The molecule has 0 fully saturated rings. The van der Waals surface area contributed by atoms with Gasteiger partial charge in [0.15, 0.2) is 0 Å². The van der Waals surface area contributed by atoms with Crippen molar-refractivity contribution in [3.63, 3.8) is 0 Å². The standard InChI is InChI=1S/C11H15BrO2/c1-11(2,13)10(12)8-4-6-9(14-3)7-5-8/h4-7,10,13H,1-3H3. The van der Waals surface area contributed by atoms with E-state index in [1.54, 1.807) is 21.0 Å². The molecule has 1 aromatic carbocycles. The summed E-state index contributed by atoms with van der Waals surface area (Å²) in [6.07, 6.45) is 0. The largest absolute Gasteiger partial charge is 0.497 e. The highest BCUT2D eigenvalue weighted by atomic mass is 79.9. The molecule has 0 saturated carbocycles. The van der Waals surface area contributed by atoms with E-state index in [4.69, 9.17) is 4.74 Å². The molecule has 0 aromatic heterocycles. The number of aliphatic hydroxyl groups is 1. The Hall–Kier alpha value is -0.540. The topological polar surface area (TPSA) is 29.5 Å². The monoisotopic (exact) mass is 258 g/mol. The molecule has 1 atom stereocenters. The lowest BCUT2D eigenvalue weighted by atomic mass is 9.98. The maximum Gasteiger partial charge on any atom is 0.118 e. The first-order valence-corrected chi connectivity index (χ1v) is 5.37. The van der Waals surface area contributed by atoms with Gasteiger partial charge in [-0.05, 0) is 31.5 Å². The lowest BCUT2D eigenvalue weighted by molar-refractivity contribution is 0.0796. The second-order valence-electron chi connectivity index (χ2n) is 3.79. The van der Waals surface area contributed by atoms with Crippen LogP contribution in [-0.2, 0) is 0 Å². The number of rotatable bonds is 3. The summed E-state index contributed by atoms with van der Waals surface area (Å²) in [5.74, 6) is 0.823. The van der Waals surface area contributed by atoms with Gasteiger partial charge in [-0.1, -0.05) is 28.1 Å². The molecule has 1 unspecified atom stereocenters. The van der Waals surface area contributed by atoms with E-state index in [9.17, 15) is 5.11 Å². The molecule has 0 amide bonds. The van der Waals surface area contributed by atoms with Crippen LogP contribution in [0, 0.1) is 0 Å². The Labute approximate surface area is 93.0 Å². The van der Waals surface area contributed by atoms with E-state index in [0.29, 0.717) is 0 Å². The van der Waals surface area contributed by atoms with Crippen molar-refractivity contribution in [1.82, 2.24) is 0 Å². The second-order valence-corrected chi connectivity index (χ2v) is 4.71. The van der Waals surface area contributed by atoms with Crippen molar-refractivity contribution < 1.29 is 9.84 Å². The van der Waals surface area contributed by atoms with E-state index < -0.39 is 5.60 Å². The Morgan fingerprint density at radius 3 is 2.14 bits per heavy atom. The molecule has 0 aliphatic carbocycles. The second kappa shape index (κ2) is 4.32. The van der Waals surface area contributed by atoms with Crippen molar-refractivity contribution in [3.05, 3.63) is 29.8 Å². The maximum atomic E-state index is 9.79. The van der Waals surface area contributed by atoms with Gasteiger partial charge in [-0.3, -0.25) is 0 Å². The highest BCUT2D eigenvalue weighted by Crippen LogP contribution is 2.34. The fourth-order valence-corrected chi connectivity index (χ4v) is 1.49. The molecule has 0 saturated heterocycles. The van der Waals surface area contributed by atoms with Gasteiger partial charge in [0.1, 0.15) is 5.75 Å². The lowest BCUT2D eigenvalue weighted by Crippen LogP contribution is -2.24. The zero-order valence-electron chi connectivity index (χ0n) is 8.62. The number of alkyl halides is 1. The number of hydrogen-bond donors (Lipinski definition) is 1.